The van der Waals surface area contributed by atoms with E-state index in [0.717, 1.165) is 30.5 Å². The van der Waals surface area contributed by atoms with E-state index in [1.165, 1.54) is 15.3 Å². The molecule has 0 unspecified atom stereocenters. The number of halogens is 1. The summed E-state index contributed by atoms with van der Waals surface area (Å²) in [5, 5.41) is 11.5. The molecule has 0 bridgehead atoms. The molecule has 0 N–H and O–H groups in total. The first kappa shape index (κ1) is 20.4. The minimum Gasteiger partial charge on any atom is -0.268 e. The zero-order valence-electron chi connectivity index (χ0n) is 16.8. The predicted octanol–water partition coefficient (Wildman–Crippen LogP) is 7.30. The smallest absolute Gasteiger partial charge is 0.267 e. The fraction of sp³-hybridized carbons (Fsp3) is 0.200. The summed E-state index contributed by atoms with van der Waals surface area (Å²) in [5.41, 5.74) is 3.27. The number of amides is 1. The Morgan fingerprint density at radius 2 is 1.90 bits per heavy atom. The lowest BCUT2D eigenvalue weighted by atomic mass is 9.79. The van der Waals surface area contributed by atoms with Gasteiger partial charge in [0.25, 0.3) is 5.91 Å². The molecular formula is C25H21ClN2OS2. The number of nitrogens with zero attached hydrogens (tertiary/aromatic N) is 2. The van der Waals surface area contributed by atoms with Crippen LogP contribution in [0.15, 0.2) is 76.0 Å². The molecule has 5 rings (SSSR count). The number of hydrogen-bond acceptors (Lipinski definition) is 4. The molecule has 3 heterocycles. The Morgan fingerprint density at radius 1 is 1.10 bits per heavy atom. The van der Waals surface area contributed by atoms with Crippen LogP contribution in [0.2, 0.25) is 5.02 Å². The van der Waals surface area contributed by atoms with Crippen LogP contribution >= 0.6 is 34.3 Å². The molecule has 0 radical (unpaired) electrons. The monoisotopic (exact) mass is 464 g/mol. The third-order valence-electron chi connectivity index (χ3n) is 5.71. The molecule has 31 heavy (non-hydrogen) atoms. The summed E-state index contributed by atoms with van der Waals surface area (Å²) >= 11 is 9.40. The van der Waals surface area contributed by atoms with Gasteiger partial charge in [0, 0.05) is 26.8 Å². The number of benzene rings is 1. The Morgan fingerprint density at radius 3 is 2.65 bits per heavy atom. The summed E-state index contributed by atoms with van der Waals surface area (Å²) in [6.07, 6.45) is 8.87. The lowest BCUT2D eigenvalue weighted by Gasteiger charge is -2.28. The Balaban J connectivity index is 1.48. The fourth-order valence-electron chi connectivity index (χ4n) is 4.28. The summed E-state index contributed by atoms with van der Waals surface area (Å²) in [6.45, 7) is 0. The van der Waals surface area contributed by atoms with Crippen molar-refractivity contribution in [2.24, 2.45) is 11.0 Å². The van der Waals surface area contributed by atoms with E-state index in [9.17, 15) is 4.79 Å². The first-order valence-electron chi connectivity index (χ1n) is 10.3. The van der Waals surface area contributed by atoms with Gasteiger partial charge in [-0.2, -0.15) is 5.10 Å². The third kappa shape index (κ3) is 4.31. The van der Waals surface area contributed by atoms with Crippen LogP contribution in [-0.2, 0) is 4.79 Å². The van der Waals surface area contributed by atoms with Gasteiger partial charge in [-0.15, -0.1) is 22.7 Å². The molecule has 6 heteroatoms. The first-order valence-corrected chi connectivity index (χ1v) is 12.5. The molecule has 1 aliphatic carbocycles. The van der Waals surface area contributed by atoms with Gasteiger partial charge >= 0.3 is 0 Å². The lowest BCUT2D eigenvalue weighted by molar-refractivity contribution is -0.128. The maximum atomic E-state index is 13.3. The molecule has 2 aromatic heterocycles. The van der Waals surface area contributed by atoms with Crippen LogP contribution in [0.1, 0.15) is 40.6 Å². The van der Waals surface area contributed by atoms with E-state index >= 15 is 0 Å². The van der Waals surface area contributed by atoms with Gasteiger partial charge in [0.1, 0.15) is 0 Å². The quantitative estimate of drug-likeness (QED) is 0.373. The number of carbonyl (C=O) groups is 1. The van der Waals surface area contributed by atoms with Crippen molar-refractivity contribution >= 4 is 58.0 Å². The van der Waals surface area contributed by atoms with Crippen molar-refractivity contribution in [1.82, 2.24) is 5.01 Å². The molecular weight excluding hydrogens is 444 g/mol. The molecule has 0 spiro atoms. The summed E-state index contributed by atoms with van der Waals surface area (Å²) in [6, 6.07) is 15.8. The number of allylic oxidation sites excluding steroid dienone is 1. The maximum absolute atomic E-state index is 13.3. The largest absolute Gasteiger partial charge is 0.268 e. The van der Waals surface area contributed by atoms with E-state index in [1.807, 2.05) is 30.3 Å². The van der Waals surface area contributed by atoms with E-state index < -0.39 is 0 Å². The third-order valence-corrected chi connectivity index (χ3v) is 7.72. The molecule has 1 amide bonds. The highest BCUT2D eigenvalue weighted by Gasteiger charge is 2.43. The van der Waals surface area contributed by atoms with Crippen LogP contribution in [0.5, 0.6) is 0 Å². The number of hydrazone groups is 1. The average molecular weight is 465 g/mol. The minimum absolute atomic E-state index is 0.0376. The minimum atomic E-state index is -0.0919. The van der Waals surface area contributed by atoms with Gasteiger partial charge < -0.3 is 0 Å². The van der Waals surface area contributed by atoms with Gasteiger partial charge in [0.2, 0.25) is 0 Å². The average Bonchev–Trinajstić information content (AvgIpc) is 3.54. The van der Waals surface area contributed by atoms with Crippen LogP contribution in [0, 0.1) is 5.92 Å². The summed E-state index contributed by atoms with van der Waals surface area (Å²) in [7, 11) is 0. The fourth-order valence-corrected chi connectivity index (χ4v) is 5.97. The van der Waals surface area contributed by atoms with Crippen LogP contribution < -0.4 is 0 Å². The summed E-state index contributed by atoms with van der Waals surface area (Å²) in [4.78, 5) is 15.7. The Hall–Kier alpha value is -2.47. The van der Waals surface area contributed by atoms with Crippen molar-refractivity contribution in [3.63, 3.8) is 0 Å². The van der Waals surface area contributed by atoms with E-state index in [2.05, 4.69) is 41.1 Å². The van der Waals surface area contributed by atoms with Crippen LogP contribution in [-0.4, -0.2) is 16.6 Å². The predicted molar refractivity (Wildman–Crippen MR) is 131 cm³/mol. The number of carbonyl (C=O) groups excluding carboxylic acids is 1. The second kappa shape index (κ2) is 8.95. The van der Waals surface area contributed by atoms with Gasteiger partial charge in [0.15, 0.2) is 0 Å². The van der Waals surface area contributed by atoms with Crippen molar-refractivity contribution in [3.8, 4) is 0 Å². The highest BCUT2D eigenvalue weighted by atomic mass is 35.5. The molecule has 1 fully saturated rings. The molecule has 2 aliphatic rings. The van der Waals surface area contributed by atoms with Crippen LogP contribution in [0.3, 0.4) is 0 Å². The van der Waals surface area contributed by atoms with Gasteiger partial charge in [-0.05, 0) is 77.6 Å². The zero-order chi connectivity index (χ0) is 21.2. The Labute approximate surface area is 195 Å². The van der Waals surface area contributed by atoms with E-state index in [4.69, 9.17) is 16.7 Å². The number of rotatable bonds is 4. The highest BCUT2D eigenvalue weighted by Crippen LogP contribution is 2.45. The molecule has 1 saturated carbocycles. The van der Waals surface area contributed by atoms with Crippen molar-refractivity contribution < 1.29 is 4.79 Å². The second-order valence-corrected chi connectivity index (χ2v) is 10.1. The standard InChI is InChI=1S/C25H21ClN2OS2/c26-19-11-8-17(9-12-19)10-13-23(29)28-25(22-7-3-15-31-22)21-6-1-4-18(24(21)27-28)16-20-5-2-14-30-20/h2-3,5,7-16,21,25H,1,4,6H2/b13-10-,18-16-/t21-,25+/m0/s1. The Bertz CT molecular complexity index is 1140. The summed E-state index contributed by atoms with van der Waals surface area (Å²) in [5.74, 6) is 0.150. The van der Waals surface area contributed by atoms with E-state index in [1.54, 1.807) is 33.8 Å². The summed E-state index contributed by atoms with van der Waals surface area (Å²) < 4.78 is 0. The van der Waals surface area contributed by atoms with Gasteiger partial charge in [-0.3, -0.25) is 4.79 Å². The van der Waals surface area contributed by atoms with E-state index in [0.29, 0.717) is 5.02 Å². The topological polar surface area (TPSA) is 32.7 Å². The molecule has 3 aromatic rings. The molecule has 0 saturated heterocycles. The lowest BCUT2D eigenvalue weighted by Crippen LogP contribution is -2.30. The van der Waals surface area contributed by atoms with Crippen LogP contribution in [0.4, 0.5) is 0 Å². The van der Waals surface area contributed by atoms with Crippen molar-refractivity contribution in [2.75, 3.05) is 0 Å². The molecule has 3 nitrogen and oxygen atoms in total. The molecule has 156 valence electrons. The van der Waals surface area contributed by atoms with Crippen molar-refractivity contribution in [1.29, 1.82) is 0 Å². The number of hydrogen-bond donors (Lipinski definition) is 0. The number of fused-ring (bicyclic) bond motifs is 1. The normalized spacial score (nSPS) is 22.2. The Kier molecular flexibility index (Phi) is 5.90. The zero-order valence-corrected chi connectivity index (χ0v) is 19.2. The molecule has 2 atom stereocenters. The van der Waals surface area contributed by atoms with Gasteiger partial charge in [-0.1, -0.05) is 35.9 Å². The van der Waals surface area contributed by atoms with Crippen molar-refractivity contribution in [3.05, 3.63) is 91.3 Å². The van der Waals surface area contributed by atoms with Crippen molar-refractivity contribution in [2.45, 2.75) is 25.3 Å². The van der Waals surface area contributed by atoms with Crippen LogP contribution in [0.25, 0.3) is 12.2 Å². The SMILES string of the molecule is O=C(/C=C\c1ccc(Cl)cc1)N1N=C2/C(=C\c3cccs3)CCC[C@@H]2[C@@H]1c1cccs1. The second-order valence-electron chi connectivity index (χ2n) is 7.70. The number of thiophene rings is 2. The first-order chi connectivity index (χ1) is 15.2. The molecule has 1 aromatic carbocycles. The van der Waals surface area contributed by atoms with E-state index in [-0.39, 0.29) is 17.9 Å². The maximum Gasteiger partial charge on any atom is 0.267 e. The highest BCUT2D eigenvalue weighted by molar-refractivity contribution is 7.11. The van der Waals surface area contributed by atoms with Gasteiger partial charge in [0.05, 0.1) is 11.8 Å². The van der Waals surface area contributed by atoms with Gasteiger partial charge in [-0.25, -0.2) is 5.01 Å². The molecule has 1 aliphatic heterocycles.